The van der Waals surface area contributed by atoms with Gasteiger partial charge in [-0.2, -0.15) is 0 Å². The molecular weight excluding hydrogens is 302 g/mol. The van der Waals surface area contributed by atoms with Gasteiger partial charge in [-0.3, -0.25) is 9.69 Å². The van der Waals surface area contributed by atoms with E-state index in [2.05, 4.69) is 25.8 Å². The van der Waals surface area contributed by atoms with Crippen LogP contribution in [0.1, 0.15) is 11.4 Å². The molecule has 2 atom stereocenters. The van der Waals surface area contributed by atoms with E-state index in [-0.39, 0.29) is 5.56 Å². The highest BCUT2D eigenvalue weighted by Crippen LogP contribution is 2.33. The van der Waals surface area contributed by atoms with E-state index < -0.39 is 0 Å². The highest BCUT2D eigenvalue weighted by Gasteiger charge is 2.40. The molecule has 0 N–H and O–H groups in total. The number of likely N-dealkylation sites (tertiary alicyclic amines) is 1. The molecule has 2 unspecified atom stereocenters. The molecule has 4 heterocycles. The highest BCUT2D eigenvalue weighted by atomic mass is 16.1. The van der Waals surface area contributed by atoms with Gasteiger partial charge in [-0.15, -0.1) is 0 Å². The van der Waals surface area contributed by atoms with Crippen molar-refractivity contribution in [2.24, 2.45) is 18.9 Å². The Morgan fingerprint density at radius 2 is 1.88 bits per heavy atom. The van der Waals surface area contributed by atoms with Crippen LogP contribution in [0.15, 0.2) is 35.4 Å². The van der Waals surface area contributed by atoms with Crippen LogP contribution in [0.5, 0.6) is 0 Å². The predicted molar refractivity (Wildman–Crippen MR) is 92.9 cm³/mol. The minimum absolute atomic E-state index is 0.0668. The Balaban J connectivity index is 1.41. The first-order valence-corrected chi connectivity index (χ1v) is 8.51. The summed E-state index contributed by atoms with van der Waals surface area (Å²) in [4.78, 5) is 25.2. The zero-order chi connectivity index (χ0) is 16.7. The summed E-state index contributed by atoms with van der Waals surface area (Å²) in [5.41, 5.74) is 2.17. The van der Waals surface area contributed by atoms with Crippen molar-refractivity contribution in [3.8, 4) is 0 Å². The fourth-order valence-electron chi connectivity index (χ4n) is 4.01. The average molecular weight is 325 g/mol. The zero-order valence-corrected chi connectivity index (χ0v) is 14.2. The summed E-state index contributed by atoms with van der Waals surface area (Å²) in [6.45, 7) is 7.17. The predicted octanol–water partition coefficient (Wildman–Crippen LogP) is 1.05. The molecule has 0 amide bonds. The Bertz CT molecular complexity index is 788. The monoisotopic (exact) mass is 325 g/mol. The van der Waals surface area contributed by atoms with E-state index in [0.29, 0.717) is 11.8 Å². The van der Waals surface area contributed by atoms with Crippen LogP contribution in [-0.4, -0.2) is 45.6 Å². The smallest absolute Gasteiger partial charge is 0.250 e. The third-order valence-corrected chi connectivity index (χ3v) is 5.35. The van der Waals surface area contributed by atoms with Gasteiger partial charge in [-0.05, 0) is 24.8 Å². The summed E-state index contributed by atoms with van der Waals surface area (Å²) in [5, 5.41) is 0. The molecule has 24 heavy (non-hydrogen) atoms. The molecule has 0 bridgehead atoms. The maximum atomic E-state index is 11.8. The van der Waals surface area contributed by atoms with Gasteiger partial charge in [0.15, 0.2) is 0 Å². The number of nitrogens with zero attached hydrogens (tertiary/aromatic N) is 5. The fourth-order valence-corrected chi connectivity index (χ4v) is 4.01. The maximum absolute atomic E-state index is 11.8. The Hall–Kier alpha value is -2.21. The number of fused-ring (bicyclic) bond motifs is 1. The van der Waals surface area contributed by atoms with Crippen LogP contribution < -0.4 is 10.5 Å². The molecule has 0 saturated carbocycles. The lowest BCUT2D eigenvalue weighted by molar-refractivity contribution is 0.300. The summed E-state index contributed by atoms with van der Waals surface area (Å²) in [6, 6.07) is 7.58. The van der Waals surface area contributed by atoms with E-state index >= 15 is 0 Å². The van der Waals surface area contributed by atoms with Gasteiger partial charge in [0.25, 0.3) is 0 Å². The van der Waals surface area contributed by atoms with Gasteiger partial charge < -0.3 is 9.47 Å². The zero-order valence-electron chi connectivity index (χ0n) is 14.2. The van der Waals surface area contributed by atoms with E-state index in [4.69, 9.17) is 0 Å². The molecule has 6 heteroatoms. The van der Waals surface area contributed by atoms with Crippen molar-refractivity contribution in [3.05, 3.63) is 52.3 Å². The van der Waals surface area contributed by atoms with Crippen molar-refractivity contribution in [3.63, 3.8) is 0 Å². The minimum atomic E-state index is 0.0668. The topological polar surface area (TPSA) is 54.3 Å². The van der Waals surface area contributed by atoms with E-state index in [1.54, 1.807) is 17.0 Å². The second-order valence-electron chi connectivity index (χ2n) is 7.05. The summed E-state index contributed by atoms with van der Waals surface area (Å²) in [7, 11) is 1.85. The molecule has 0 spiro atoms. The normalized spacial score (nSPS) is 23.7. The van der Waals surface area contributed by atoms with Crippen molar-refractivity contribution >= 4 is 5.82 Å². The van der Waals surface area contributed by atoms with Crippen molar-refractivity contribution in [2.45, 2.75) is 13.5 Å². The summed E-state index contributed by atoms with van der Waals surface area (Å²) in [5.74, 6) is 2.41. The summed E-state index contributed by atoms with van der Waals surface area (Å²) in [6.07, 6.45) is 1.65. The second kappa shape index (κ2) is 6.02. The number of aryl methyl sites for hydroxylation is 1. The van der Waals surface area contributed by atoms with E-state index in [1.165, 1.54) is 0 Å². The van der Waals surface area contributed by atoms with E-state index in [1.807, 2.05) is 26.1 Å². The molecule has 0 aromatic carbocycles. The molecular formula is C18H23N5O. The molecule has 2 saturated heterocycles. The molecule has 0 aliphatic carbocycles. The summed E-state index contributed by atoms with van der Waals surface area (Å²) >= 11 is 0. The second-order valence-corrected chi connectivity index (χ2v) is 7.05. The number of hydrogen-bond donors (Lipinski definition) is 0. The third-order valence-electron chi connectivity index (χ3n) is 5.35. The van der Waals surface area contributed by atoms with Crippen LogP contribution in [0.25, 0.3) is 0 Å². The molecule has 2 aromatic heterocycles. The molecule has 0 radical (unpaired) electrons. The van der Waals surface area contributed by atoms with Crippen molar-refractivity contribution in [1.82, 2.24) is 19.4 Å². The van der Waals surface area contributed by atoms with Crippen molar-refractivity contribution in [1.29, 1.82) is 0 Å². The van der Waals surface area contributed by atoms with Crippen molar-refractivity contribution < 1.29 is 0 Å². The van der Waals surface area contributed by atoms with Gasteiger partial charge in [0, 0.05) is 63.3 Å². The average Bonchev–Trinajstić information content (AvgIpc) is 3.10. The molecule has 6 nitrogen and oxygen atoms in total. The fraction of sp³-hybridized carbons (Fsp3) is 0.500. The molecule has 4 rings (SSSR count). The Morgan fingerprint density at radius 3 is 2.58 bits per heavy atom. The van der Waals surface area contributed by atoms with Gasteiger partial charge in [0.1, 0.15) is 12.1 Å². The Labute approximate surface area is 141 Å². The third kappa shape index (κ3) is 2.82. The maximum Gasteiger partial charge on any atom is 0.250 e. The SMILES string of the molecule is Cc1cc(N2CC3CN(Cc4cccc(=O)n4C)CC3C2)ncn1. The number of anilines is 1. The largest absolute Gasteiger partial charge is 0.356 e. The van der Waals surface area contributed by atoms with Gasteiger partial charge in [-0.25, -0.2) is 9.97 Å². The quantitative estimate of drug-likeness (QED) is 0.844. The molecule has 2 fully saturated rings. The number of pyridine rings is 1. The van der Waals surface area contributed by atoms with Crippen molar-refractivity contribution in [2.75, 3.05) is 31.1 Å². The standard InChI is InChI=1S/C18H23N5O/c1-13-6-17(20-12-19-13)23-9-14-7-22(8-15(14)10-23)11-16-4-3-5-18(24)21(16)2/h3-6,12,14-15H,7-11H2,1-2H3. The molecule has 2 aromatic rings. The lowest BCUT2D eigenvalue weighted by atomic mass is 10.0. The summed E-state index contributed by atoms with van der Waals surface area (Å²) < 4.78 is 1.75. The van der Waals surface area contributed by atoms with Crippen LogP contribution in [0.3, 0.4) is 0 Å². The highest BCUT2D eigenvalue weighted by molar-refractivity contribution is 5.40. The van der Waals surface area contributed by atoms with Crippen LogP contribution in [-0.2, 0) is 13.6 Å². The first kappa shape index (κ1) is 15.3. The van der Waals surface area contributed by atoms with E-state index in [9.17, 15) is 4.79 Å². The van der Waals surface area contributed by atoms with Gasteiger partial charge in [0.2, 0.25) is 5.56 Å². The number of rotatable bonds is 3. The van der Waals surface area contributed by atoms with Crippen LogP contribution >= 0.6 is 0 Å². The molecule has 2 aliphatic heterocycles. The van der Waals surface area contributed by atoms with E-state index in [0.717, 1.165) is 49.9 Å². The molecule has 2 aliphatic rings. The van der Waals surface area contributed by atoms with Gasteiger partial charge in [0.05, 0.1) is 0 Å². The van der Waals surface area contributed by atoms with Crippen LogP contribution in [0.4, 0.5) is 5.82 Å². The first-order valence-electron chi connectivity index (χ1n) is 8.51. The lowest BCUT2D eigenvalue weighted by Crippen LogP contribution is -2.31. The van der Waals surface area contributed by atoms with Crippen LogP contribution in [0, 0.1) is 18.8 Å². The van der Waals surface area contributed by atoms with Gasteiger partial charge >= 0.3 is 0 Å². The Kier molecular flexibility index (Phi) is 3.84. The van der Waals surface area contributed by atoms with Gasteiger partial charge in [-0.1, -0.05) is 6.07 Å². The minimum Gasteiger partial charge on any atom is -0.356 e. The number of aromatic nitrogens is 3. The number of hydrogen-bond acceptors (Lipinski definition) is 5. The molecule has 126 valence electrons. The first-order chi connectivity index (χ1) is 11.6. The lowest BCUT2D eigenvalue weighted by Gasteiger charge is -2.23. The Morgan fingerprint density at radius 1 is 1.12 bits per heavy atom. The van der Waals surface area contributed by atoms with Crippen LogP contribution in [0.2, 0.25) is 0 Å².